The third-order valence-corrected chi connectivity index (χ3v) is 10.7. The molecule has 0 saturated carbocycles. The maximum absolute atomic E-state index is 5.20. The molecular formula is C44H27N3S. The fraction of sp³-hybridized carbons (Fsp3) is 0.0227. The Morgan fingerprint density at radius 3 is 1.81 bits per heavy atom. The average Bonchev–Trinajstić information content (AvgIpc) is 3.50. The Bertz CT molecular complexity index is 2920. The van der Waals surface area contributed by atoms with E-state index in [2.05, 4.69) is 153 Å². The minimum Gasteiger partial charge on any atom is -0.208 e. The highest BCUT2D eigenvalue weighted by Gasteiger charge is 2.17. The van der Waals surface area contributed by atoms with E-state index in [0.29, 0.717) is 17.5 Å². The first-order valence-electron chi connectivity index (χ1n) is 16.2. The molecule has 0 saturated heterocycles. The predicted molar refractivity (Wildman–Crippen MR) is 204 cm³/mol. The highest BCUT2D eigenvalue weighted by molar-refractivity contribution is 7.25. The van der Waals surface area contributed by atoms with Gasteiger partial charge in [-0.2, -0.15) is 0 Å². The predicted octanol–water partition coefficient (Wildman–Crippen LogP) is 12.2. The van der Waals surface area contributed by atoms with E-state index >= 15 is 0 Å². The van der Waals surface area contributed by atoms with Crippen LogP contribution in [0.25, 0.3) is 97.4 Å². The molecule has 2 aromatic heterocycles. The zero-order valence-electron chi connectivity index (χ0n) is 26.1. The summed E-state index contributed by atoms with van der Waals surface area (Å²) in [5, 5.41) is 12.2. The van der Waals surface area contributed by atoms with E-state index in [1.807, 2.05) is 11.3 Å². The number of fused-ring (bicyclic) bond motifs is 9. The van der Waals surface area contributed by atoms with Crippen LogP contribution >= 0.6 is 11.3 Å². The average molecular weight is 630 g/mol. The van der Waals surface area contributed by atoms with Gasteiger partial charge in [-0.15, -0.1) is 11.3 Å². The van der Waals surface area contributed by atoms with E-state index in [4.69, 9.17) is 15.0 Å². The summed E-state index contributed by atoms with van der Waals surface area (Å²) in [4.78, 5) is 15.5. The fourth-order valence-electron chi connectivity index (χ4n) is 7.16. The van der Waals surface area contributed by atoms with Crippen molar-refractivity contribution in [2.75, 3.05) is 0 Å². The first-order chi connectivity index (χ1) is 23.7. The van der Waals surface area contributed by atoms with Crippen LogP contribution in [0.5, 0.6) is 0 Å². The van der Waals surface area contributed by atoms with E-state index in [9.17, 15) is 0 Å². The van der Waals surface area contributed by atoms with Crippen LogP contribution in [0.1, 0.15) is 5.56 Å². The molecule has 0 bridgehead atoms. The van der Waals surface area contributed by atoms with Crippen LogP contribution in [0.3, 0.4) is 0 Å². The molecular weight excluding hydrogens is 603 g/mol. The Morgan fingerprint density at radius 2 is 0.938 bits per heavy atom. The zero-order chi connectivity index (χ0) is 31.8. The van der Waals surface area contributed by atoms with Gasteiger partial charge in [0.05, 0.1) is 0 Å². The lowest BCUT2D eigenvalue weighted by Gasteiger charge is -2.13. The SMILES string of the molecule is Cc1ccc2c(c1)sc1cc(-c3nc(-c4ccc5ccccc5c4)nc(-c4cccc5c4ccc4c6ccccc6ccc54)n3)ccc12. The standard InChI is InChI=1S/C44H27N3S/c1-26-13-18-37-38-20-17-31(25-41(38)48-40(37)23-26)43-45-42(30-15-14-27-7-2-3-9-29(27)24-30)46-44(47-43)39-12-6-11-33-35-19-16-28-8-4-5-10-32(28)34(35)21-22-36(33)39/h2-25H,1H3. The molecule has 2 heterocycles. The second kappa shape index (κ2) is 10.5. The lowest BCUT2D eigenvalue weighted by Crippen LogP contribution is -2.00. The summed E-state index contributed by atoms with van der Waals surface area (Å²) < 4.78 is 2.53. The summed E-state index contributed by atoms with van der Waals surface area (Å²) in [6.45, 7) is 2.15. The Kier molecular flexibility index (Phi) is 5.96. The number of aromatic nitrogens is 3. The third kappa shape index (κ3) is 4.30. The first-order valence-corrected chi connectivity index (χ1v) is 17.0. The number of hydrogen-bond donors (Lipinski definition) is 0. The number of benzene rings is 8. The molecule has 3 nitrogen and oxygen atoms in total. The Hall–Kier alpha value is -5.97. The first kappa shape index (κ1) is 27.2. The Balaban J connectivity index is 1.21. The van der Waals surface area contributed by atoms with Crippen molar-refractivity contribution in [1.82, 2.24) is 15.0 Å². The molecule has 48 heavy (non-hydrogen) atoms. The molecule has 0 aliphatic carbocycles. The maximum atomic E-state index is 5.20. The van der Waals surface area contributed by atoms with Gasteiger partial charge in [-0.05, 0) is 73.8 Å². The minimum atomic E-state index is 0.664. The maximum Gasteiger partial charge on any atom is 0.164 e. The summed E-state index contributed by atoms with van der Waals surface area (Å²) in [6.07, 6.45) is 0. The summed E-state index contributed by atoms with van der Waals surface area (Å²) in [7, 11) is 0. The molecule has 10 rings (SSSR count). The van der Waals surface area contributed by atoms with Crippen molar-refractivity contribution in [2.24, 2.45) is 0 Å². The summed E-state index contributed by atoms with van der Waals surface area (Å²) in [5.74, 6) is 2.00. The monoisotopic (exact) mass is 629 g/mol. The van der Waals surface area contributed by atoms with Crippen molar-refractivity contribution in [2.45, 2.75) is 6.92 Å². The van der Waals surface area contributed by atoms with Crippen LogP contribution in [0.15, 0.2) is 146 Å². The van der Waals surface area contributed by atoms with E-state index in [1.54, 1.807) is 0 Å². The molecule has 10 aromatic rings. The lowest BCUT2D eigenvalue weighted by molar-refractivity contribution is 1.08. The lowest BCUT2D eigenvalue weighted by atomic mass is 9.95. The van der Waals surface area contributed by atoms with Gasteiger partial charge in [-0.3, -0.25) is 0 Å². The van der Waals surface area contributed by atoms with Crippen molar-refractivity contribution in [1.29, 1.82) is 0 Å². The van der Waals surface area contributed by atoms with Crippen LogP contribution in [0, 0.1) is 6.92 Å². The third-order valence-electron chi connectivity index (χ3n) is 9.55. The molecule has 0 amide bonds. The van der Waals surface area contributed by atoms with Gasteiger partial charge in [-0.25, -0.2) is 15.0 Å². The van der Waals surface area contributed by atoms with Crippen molar-refractivity contribution in [3.05, 3.63) is 151 Å². The highest BCUT2D eigenvalue weighted by Crippen LogP contribution is 2.39. The molecule has 0 aliphatic rings. The second-order valence-electron chi connectivity index (χ2n) is 12.5. The van der Waals surface area contributed by atoms with Gasteiger partial charge in [-0.1, -0.05) is 127 Å². The summed E-state index contributed by atoms with van der Waals surface area (Å²) in [6, 6.07) is 52.1. The molecule has 0 atom stereocenters. The van der Waals surface area contributed by atoms with Gasteiger partial charge in [0.15, 0.2) is 17.5 Å². The number of nitrogens with zero attached hydrogens (tertiary/aromatic N) is 3. The zero-order valence-corrected chi connectivity index (χ0v) is 26.9. The molecule has 0 aliphatic heterocycles. The van der Waals surface area contributed by atoms with Crippen LogP contribution < -0.4 is 0 Å². The minimum absolute atomic E-state index is 0.664. The van der Waals surface area contributed by atoms with Gasteiger partial charge in [0.2, 0.25) is 0 Å². The van der Waals surface area contributed by atoms with Gasteiger partial charge in [0, 0.05) is 36.9 Å². The fourth-order valence-corrected chi connectivity index (χ4v) is 8.40. The molecule has 0 unspecified atom stereocenters. The largest absolute Gasteiger partial charge is 0.208 e. The van der Waals surface area contributed by atoms with Gasteiger partial charge in [0.1, 0.15) is 0 Å². The number of rotatable bonds is 3. The number of hydrogen-bond acceptors (Lipinski definition) is 4. The molecule has 8 aromatic carbocycles. The number of thiophene rings is 1. The second-order valence-corrected chi connectivity index (χ2v) is 13.6. The van der Waals surface area contributed by atoms with Crippen LogP contribution in [-0.2, 0) is 0 Å². The highest BCUT2D eigenvalue weighted by atomic mass is 32.1. The smallest absolute Gasteiger partial charge is 0.164 e. The summed E-state index contributed by atoms with van der Waals surface area (Å²) in [5.41, 5.74) is 4.21. The normalized spacial score (nSPS) is 11.9. The molecule has 0 N–H and O–H groups in total. The Morgan fingerprint density at radius 1 is 0.375 bits per heavy atom. The van der Waals surface area contributed by atoms with Crippen LogP contribution in [0.2, 0.25) is 0 Å². The van der Waals surface area contributed by atoms with E-state index in [-0.39, 0.29) is 0 Å². The van der Waals surface area contributed by atoms with E-state index in [0.717, 1.165) is 27.5 Å². The van der Waals surface area contributed by atoms with Crippen molar-refractivity contribution < 1.29 is 0 Å². The van der Waals surface area contributed by atoms with Crippen molar-refractivity contribution in [3.8, 4) is 34.2 Å². The van der Waals surface area contributed by atoms with Gasteiger partial charge >= 0.3 is 0 Å². The molecule has 0 radical (unpaired) electrons. The molecule has 224 valence electrons. The quantitative estimate of drug-likeness (QED) is 0.183. The molecule has 0 fully saturated rings. The van der Waals surface area contributed by atoms with Crippen molar-refractivity contribution >= 4 is 74.6 Å². The topological polar surface area (TPSA) is 38.7 Å². The van der Waals surface area contributed by atoms with Gasteiger partial charge in [0.25, 0.3) is 0 Å². The van der Waals surface area contributed by atoms with E-state index < -0.39 is 0 Å². The van der Waals surface area contributed by atoms with Crippen LogP contribution in [-0.4, -0.2) is 15.0 Å². The molecule has 4 heteroatoms. The summed E-state index contributed by atoms with van der Waals surface area (Å²) >= 11 is 1.82. The number of aryl methyl sites for hydroxylation is 1. The van der Waals surface area contributed by atoms with Crippen LogP contribution in [0.4, 0.5) is 0 Å². The van der Waals surface area contributed by atoms with E-state index in [1.165, 1.54) is 58.1 Å². The van der Waals surface area contributed by atoms with Crippen molar-refractivity contribution in [3.63, 3.8) is 0 Å². The Labute approximate surface area is 280 Å². The van der Waals surface area contributed by atoms with Gasteiger partial charge < -0.3 is 0 Å². The molecule has 0 spiro atoms.